The number of nitrogens with zero attached hydrogens (tertiary/aromatic N) is 4. The van der Waals surface area contributed by atoms with E-state index in [1.807, 2.05) is 0 Å². The van der Waals surface area contributed by atoms with Gasteiger partial charge in [0.05, 0.1) is 44.8 Å². The van der Waals surface area contributed by atoms with Gasteiger partial charge < -0.3 is 20.1 Å². The van der Waals surface area contributed by atoms with Crippen molar-refractivity contribution in [2.45, 2.75) is 24.7 Å². The topological polar surface area (TPSA) is 138 Å². The molecule has 0 aliphatic carbocycles. The van der Waals surface area contributed by atoms with Gasteiger partial charge in [0.1, 0.15) is 47.5 Å². The molecule has 2 heterocycles. The third-order valence-corrected chi connectivity index (χ3v) is 9.60. The van der Waals surface area contributed by atoms with Crippen LogP contribution in [-0.2, 0) is 24.7 Å². The van der Waals surface area contributed by atoms with E-state index in [0.29, 0.717) is 12.1 Å². The van der Waals surface area contributed by atoms with Crippen molar-refractivity contribution in [3.05, 3.63) is 129 Å². The second kappa shape index (κ2) is 15.7. The van der Waals surface area contributed by atoms with Crippen molar-refractivity contribution in [3.8, 4) is 80.3 Å². The molecule has 8 nitrogen and oxygen atoms in total. The fourth-order valence-corrected chi connectivity index (χ4v) is 6.95. The van der Waals surface area contributed by atoms with Gasteiger partial charge >= 0.3 is 24.7 Å². The number of nitriles is 4. The first kappa shape index (κ1) is 45.6. The summed E-state index contributed by atoms with van der Waals surface area (Å²) >= 11 is 0. The smallest absolute Gasteiger partial charge is 0.416 e. The van der Waals surface area contributed by atoms with Crippen molar-refractivity contribution in [1.82, 2.24) is 0 Å². The van der Waals surface area contributed by atoms with Crippen LogP contribution in [-0.4, -0.2) is 0 Å². The Kier molecular flexibility index (Phi) is 10.9. The van der Waals surface area contributed by atoms with Crippen LogP contribution in [0.4, 0.5) is 81.6 Å². The Morgan fingerprint density at radius 1 is 0.409 bits per heavy atom. The molecule has 0 saturated carbocycles. The predicted molar refractivity (Wildman–Crippen MR) is 193 cm³/mol. The summed E-state index contributed by atoms with van der Waals surface area (Å²) in [7, 11) is 0. The molecule has 0 fully saturated rings. The molecule has 5 aromatic rings. The fourth-order valence-electron chi connectivity index (χ4n) is 6.95. The maximum absolute atomic E-state index is 16.2. The highest BCUT2D eigenvalue weighted by molar-refractivity contribution is 6.09. The van der Waals surface area contributed by atoms with E-state index in [9.17, 15) is 73.7 Å². The normalized spacial score (nSPS) is 13.2. The highest BCUT2D eigenvalue weighted by Gasteiger charge is 2.43. The lowest BCUT2D eigenvalue weighted by molar-refractivity contribution is -0.144. The van der Waals surface area contributed by atoms with Gasteiger partial charge in [0.15, 0.2) is 22.6 Å². The molecule has 0 atom stereocenters. The molecule has 0 aromatic heterocycles. The van der Waals surface area contributed by atoms with Gasteiger partial charge in [0.25, 0.3) is 0 Å². The van der Waals surface area contributed by atoms with Crippen LogP contribution >= 0.6 is 0 Å². The van der Waals surface area contributed by atoms with E-state index in [-0.39, 0.29) is 48.5 Å². The third-order valence-electron chi connectivity index (χ3n) is 9.60. The largest absolute Gasteiger partial charge is 0.436 e. The van der Waals surface area contributed by atoms with E-state index in [1.54, 1.807) is 0 Å². The minimum atomic E-state index is -5.55. The molecule has 24 heteroatoms. The van der Waals surface area contributed by atoms with Crippen LogP contribution in [0.1, 0.15) is 22.3 Å². The van der Waals surface area contributed by atoms with Gasteiger partial charge in [-0.05, 0) is 59.7 Å². The second-order valence-electron chi connectivity index (χ2n) is 13.7. The summed E-state index contributed by atoms with van der Waals surface area (Å²) in [5.41, 5.74) is -21.0. The number of ether oxygens (including phenoxy) is 2. The summed E-state index contributed by atoms with van der Waals surface area (Å²) in [6.07, 6.45) is -22.2. The van der Waals surface area contributed by atoms with Crippen molar-refractivity contribution in [1.29, 1.82) is 21.0 Å². The average molecular weight is 937 g/mol. The maximum Gasteiger partial charge on any atom is 0.416 e. The van der Waals surface area contributed by atoms with Crippen LogP contribution in [0.15, 0.2) is 83.6 Å². The number of nitrogens with one attached hydrogen (secondary N) is 2. The zero-order valence-corrected chi connectivity index (χ0v) is 31.4. The molecule has 2 aliphatic heterocycles. The zero-order chi connectivity index (χ0) is 48.6. The number of benzene rings is 5. The summed E-state index contributed by atoms with van der Waals surface area (Å²) in [6.45, 7) is 0. The number of rotatable bonds is 4. The summed E-state index contributed by atoms with van der Waals surface area (Å²) in [4.78, 5) is 0. The number of halogens is 16. The first-order valence-corrected chi connectivity index (χ1v) is 17.5. The Morgan fingerprint density at radius 2 is 0.697 bits per heavy atom. The number of allylic oxidation sites excluding steroid dienone is 2. The molecule has 7 rings (SSSR count). The maximum atomic E-state index is 16.2. The highest BCUT2D eigenvalue weighted by atomic mass is 19.4. The van der Waals surface area contributed by atoms with Crippen molar-refractivity contribution >= 4 is 11.4 Å². The minimum absolute atomic E-state index is 0.0277. The van der Waals surface area contributed by atoms with Crippen molar-refractivity contribution in [2.75, 3.05) is 10.6 Å². The van der Waals surface area contributed by atoms with Gasteiger partial charge in [-0.15, -0.1) is 0 Å². The average Bonchev–Trinajstić information content (AvgIpc) is 3.83. The van der Waals surface area contributed by atoms with Crippen molar-refractivity contribution < 1.29 is 79.7 Å². The van der Waals surface area contributed by atoms with E-state index in [4.69, 9.17) is 9.47 Å². The first-order chi connectivity index (χ1) is 30.7. The summed E-state index contributed by atoms with van der Waals surface area (Å²) < 4.78 is 244. The molecule has 0 spiro atoms. The van der Waals surface area contributed by atoms with E-state index in [1.165, 1.54) is 24.3 Å². The standard InChI is InChI=1S/C42H12F16N6O2/c43-23-7-25(29(27(45)9-23)15-1-19(39(47,48)49)5-20(2-15)40(50,51)52)31-33-36(66-37(63-33)17(11-59)12-60)32(34-35(31)65-38(64-34)18(13-61)14-62)26-8-24(44)10-28(46)30(26)16-3-21(41(53,54)55)6-22(4-16)42(56,57)58/h1-10,63-64H. The lowest BCUT2D eigenvalue weighted by atomic mass is 9.86. The van der Waals surface area contributed by atoms with Crippen LogP contribution in [0.2, 0.25) is 0 Å². The molecule has 0 saturated heterocycles. The van der Waals surface area contributed by atoms with Gasteiger partial charge in [0.2, 0.25) is 11.8 Å². The number of hydrogen-bond donors (Lipinski definition) is 2. The van der Waals surface area contributed by atoms with Gasteiger partial charge in [-0.2, -0.15) is 73.7 Å². The molecule has 2 N–H and O–H groups in total. The Morgan fingerprint density at radius 3 is 0.955 bits per heavy atom. The lowest BCUT2D eigenvalue weighted by Gasteiger charge is -2.22. The number of anilines is 2. The van der Waals surface area contributed by atoms with E-state index in [0.717, 1.165) is 0 Å². The van der Waals surface area contributed by atoms with Gasteiger partial charge in [-0.25, -0.2) is 17.6 Å². The SMILES string of the molecule is N#CC(C#N)=C1Nc2c(c(-c3cc(F)cc(F)c3-c3cc(C(F)(F)F)cc(C(F)(F)F)c3)c3c(c2-c2cc(F)cc(F)c2-c2cc(C(F)(F)F)cc(C(F)(F)F)c2)OC(=C(C#N)C#N)N3)O1. The molecular formula is C42H12F16N6O2. The minimum Gasteiger partial charge on any atom is -0.436 e. The van der Waals surface area contributed by atoms with E-state index in [2.05, 4.69) is 10.6 Å². The molecule has 2 aliphatic rings. The second-order valence-corrected chi connectivity index (χ2v) is 13.7. The highest BCUT2D eigenvalue weighted by Crippen LogP contribution is 2.62. The van der Waals surface area contributed by atoms with Crippen LogP contribution in [0.25, 0.3) is 44.5 Å². The molecule has 0 radical (unpaired) electrons. The summed E-state index contributed by atoms with van der Waals surface area (Å²) in [5.74, 6) is -10.9. The molecule has 0 unspecified atom stereocenters. The molecular weight excluding hydrogens is 924 g/mol. The van der Waals surface area contributed by atoms with Crippen LogP contribution in [0.3, 0.4) is 0 Å². The molecule has 334 valence electrons. The Bertz CT molecular complexity index is 2840. The third kappa shape index (κ3) is 8.04. The lowest BCUT2D eigenvalue weighted by Crippen LogP contribution is -2.11. The molecule has 66 heavy (non-hydrogen) atoms. The number of fused-ring (bicyclic) bond motifs is 2. The number of alkyl halides is 12. The predicted octanol–water partition coefficient (Wildman–Crippen LogP) is 13.1. The Labute approximate surface area is 356 Å². The quantitative estimate of drug-likeness (QED) is 0.134. The van der Waals surface area contributed by atoms with Gasteiger partial charge in [-0.1, -0.05) is 0 Å². The van der Waals surface area contributed by atoms with Crippen LogP contribution < -0.4 is 20.1 Å². The van der Waals surface area contributed by atoms with E-state index < -0.39 is 161 Å². The zero-order valence-electron chi connectivity index (χ0n) is 31.4. The van der Waals surface area contributed by atoms with Crippen LogP contribution in [0, 0.1) is 68.6 Å². The summed E-state index contributed by atoms with van der Waals surface area (Å²) in [5, 5.41) is 43.6. The van der Waals surface area contributed by atoms with Gasteiger partial charge in [-0.3, -0.25) is 0 Å². The molecule has 5 aromatic carbocycles. The van der Waals surface area contributed by atoms with E-state index >= 15 is 17.6 Å². The number of hydrogen-bond acceptors (Lipinski definition) is 8. The monoisotopic (exact) mass is 936 g/mol. The fraction of sp³-hybridized carbons (Fsp3) is 0.0952. The Balaban J connectivity index is 1.71. The van der Waals surface area contributed by atoms with Gasteiger partial charge in [0, 0.05) is 34.4 Å². The first-order valence-electron chi connectivity index (χ1n) is 17.5. The molecule has 0 bridgehead atoms. The Hall–Kier alpha value is -8.38. The van der Waals surface area contributed by atoms with Crippen LogP contribution in [0.5, 0.6) is 11.5 Å². The molecule has 0 amide bonds. The van der Waals surface area contributed by atoms with Crippen molar-refractivity contribution in [2.24, 2.45) is 0 Å². The summed E-state index contributed by atoms with van der Waals surface area (Å²) in [6, 6.07) is 5.63. The van der Waals surface area contributed by atoms with Crippen molar-refractivity contribution in [3.63, 3.8) is 0 Å².